The molecular formula is C10H13N5O2S. The van der Waals surface area contributed by atoms with E-state index in [9.17, 15) is 4.79 Å². The fraction of sp³-hybridized carbons (Fsp3) is 0.300. The minimum absolute atomic E-state index is 0.0432. The lowest BCUT2D eigenvalue weighted by Crippen LogP contribution is -2.17. The van der Waals surface area contributed by atoms with E-state index in [0.29, 0.717) is 11.8 Å². The van der Waals surface area contributed by atoms with Gasteiger partial charge in [-0.05, 0) is 13.0 Å². The van der Waals surface area contributed by atoms with Crippen LogP contribution in [0.2, 0.25) is 0 Å². The van der Waals surface area contributed by atoms with E-state index < -0.39 is 0 Å². The summed E-state index contributed by atoms with van der Waals surface area (Å²) in [6.07, 6.45) is 0. The van der Waals surface area contributed by atoms with Gasteiger partial charge in [0.2, 0.25) is 5.95 Å². The first kappa shape index (κ1) is 12.5. The lowest BCUT2D eigenvalue weighted by Gasteiger charge is -2.07. The number of rotatable bonds is 4. The van der Waals surface area contributed by atoms with E-state index in [-0.39, 0.29) is 12.5 Å². The first-order valence-corrected chi connectivity index (χ1v) is 6.01. The van der Waals surface area contributed by atoms with E-state index >= 15 is 0 Å². The number of nitrogens with two attached hydrogens (primary N) is 1. The molecule has 96 valence electrons. The number of thiophene rings is 1. The van der Waals surface area contributed by atoms with E-state index in [4.69, 9.17) is 5.84 Å². The fourth-order valence-corrected chi connectivity index (χ4v) is 2.35. The molecule has 0 aliphatic carbocycles. The summed E-state index contributed by atoms with van der Waals surface area (Å²) in [5, 5.41) is 3.77. The third-order valence-electron chi connectivity index (χ3n) is 2.27. The second-order valence-corrected chi connectivity index (χ2v) is 4.78. The summed E-state index contributed by atoms with van der Waals surface area (Å²) in [6, 6.07) is 1.96. The maximum Gasteiger partial charge on any atom is 0.325 e. The highest BCUT2D eigenvalue weighted by molar-refractivity contribution is 7.18. The van der Waals surface area contributed by atoms with Gasteiger partial charge in [-0.15, -0.1) is 11.3 Å². The predicted molar refractivity (Wildman–Crippen MR) is 70.5 cm³/mol. The smallest absolute Gasteiger partial charge is 0.325 e. The summed E-state index contributed by atoms with van der Waals surface area (Å²) in [6.45, 7) is 2.02. The Morgan fingerprint density at radius 1 is 1.56 bits per heavy atom. The van der Waals surface area contributed by atoms with Gasteiger partial charge >= 0.3 is 5.97 Å². The lowest BCUT2D eigenvalue weighted by molar-refractivity contribution is -0.138. The SMILES string of the molecule is COC(=O)CNc1nc(NN)nc2sc(C)cc12. The number of hydrogen-bond acceptors (Lipinski definition) is 8. The molecule has 2 aromatic rings. The van der Waals surface area contributed by atoms with Crippen LogP contribution in [0.1, 0.15) is 4.88 Å². The van der Waals surface area contributed by atoms with Crippen LogP contribution in [-0.2, 0) is 9.53 Å². The van der Waals surface area contributed by atoms with Crippen molar-refractivity contribution >= 4 is 39.3 Å². The van der Waals surface area contributed by atoms with Gasteiger partial charge in [0.25, 0.3) is 0 Å². The second-order valence-electron chi connectivity index (χ2n) is 3.55. The summed E-state index contributed by atoms with van der Waals surface area (Å²) < 4.78 is 4.56. The van der Waals surface area contributed by atoms with Gasteiger partial charge in [-0.2, -0.15) is 4.98 Å². The largest absolute Gasteiger partial charge is 0.468 e. The highest BCUT2D eigenvalue weighted by Crippen LogP contribution is 2.29. The molecule has 0 spiro atoms. The van der Waals surface area contributed by atoms with Crippen LogP contribution in [0, 0.1) is 6.92 Å². The monoisotopic (exact) mass is 267 g/mol. The summed E-state index contributed by atoms with van der Waals surface area (Å²) in [5.74, 6) is 5.80. The molecule has 8 heteroatoms. The van der Waals surface area contributed by atoms with Crippen molar-refractivity contribution in [2.75, 3.05) is 24.4 Å². The standard InChI is InChI=1S/C10H13N5O2S/c1-5-3-6-8(12-4-7(16)17-2)13-10(15-11)14-9(6)18-5/h3H,4,11H2,1-2H3,(H2,12,13,14,15). The molecule has 0 aliphatic heterocycles. The van der Waals surface area contributed by atoms with Gasteiger partial charge in [-0.3, -0.25) is 10.2 Å². The molecule has 0 atom stereocenters. The minimum atomic E-state index is -0.365. The molecule has 7 nitrogen and oxygen atoms in total. The number of carbonyl (C=O) groups is 1. The van der Waals surface area contributed by atoms with Crippen molar-refractivity contribution < 1.29 is 9.53 Å². The Morgan fingerprint density at radius 2 is 2.33 bits per heavy atom. The van der Waals surface area contributed by atoms with E-state index in [1.165, 1.54) is 18.4 Å². The number of hydrazine groups is 1. The molecule has 0 unspecified atom stereocenters. The number of aromatic nitrogens is 2. The number of aryl methyl sites for hydroxylation is 1. The van der Waals surface area contributed by atoms with Crippen molar-refractivity contribution in [3.05, 3.63) is 10.9 Å². The third-order valence-corrected chi connectivity index (χ3v) is 3.22. The van der Waals surface area contributed by atoms with Crippen LogP contribution in [0.3, 0.4) is 0 Å². The molecule has 2 heterocycles. The number of nitrogens with one attached hydrogen (secondary N) is 2. The van der Waals surface area contributed by atoms with Gasteiger partial charge < -0.3 is 10.1 Å². The topological polar surface area (TPSA) is 102 Å². The van der Waals surface area contributed by atoms with E-state index in [1.54, 1.807) is 0 Å². The summed E-state index contributed by atoms with van der Waals surface area (Å²) >= 11 is 1.53. The van der Waals surface area contributed by atoms with Crippen molar-refractivity contribution in [3.8, 4) is 0 Å². The van der Waals surface area contributed by atoms with Crippen molar-refractivity contribution in [3.63, 3.8) is 0 Å². The quantitative estimate of drug-likeness (QED) is 0.429. The van der Waals surface area contributed by atoms with Crippen LogP contribution >= 0.6 is 11.3 Å². The average Bonchev–Trinajstić information content (AvgIpc) is 2.75. The highest BCUT2D eigenvalue weighted by atomic mass is 32.1. The van der Waals surface area contributed by atoms with Gasteiger partial charge in [0, 0.05) is 4.88 Å². The molecule has 0 aromatic carbocycles. The number of hydrogen-bond donors (Lipinski definition) is 3. The molecular weight excluding hydrogens is 254 g/mol. The normalized spacial score (nSPS) is 10.4. The van der Waals surface area contributed by atoms with Gasteiger partial charge in [0.05, 0.1) is 12.5 Å². The van der Waals surface area contributed by atoms with Gasteiger partial charge in [0.1, 0.15) is 17.2 Å². The maximum absolute atomic E-state index is 11.1. The van der Waals surface area contributed by atoms with E-state index in [2.05, 4.69) is 25.4 Å². The zero-order valence-corrected chi connectivity index (χ0v) is 10.8. The Balaban J connectivity index is 2.37. The molecule has 0 saturated carbocycles. The Bertz CT molecular complexity index is 583. The molecule has 4 N–H and O–H groups in total. The molecule has 0 amide bonds. The number of methoxy groups -OCH3 is 1. The number of nitrogens with zero attached hydrogens (tertiary/aromatic N) is 2. The number of nitrogen functional groups attached to an aromatic ring is 1. The van der Waals surface area contributed by atoms with Crippen LogP contribution in [0.15, 0.2) is 6.07 Å². The Hall–Kier alpha value is -1.93. The predicted octanol–water partition coefficient (Wildman–Crippen LogP) is 0.870. The fourth-order valence-electron chi connectivity index (χ4n) is 1.47. The Morgan fingerprint density at radius 3 is 3.00 bits per heavy atom. The van der Waals surface area contributed by atoms with Crippen molar-refractivity contribution in [1.29, 1.82) is 0 Å². The summed E-state index contributed by atoms with van der Waals surface area (Å²) in [7, 11) is 1.33. The Kier molecular flexibility index (Phi) is 3.58. The first-order valence-electron chi connectivity index (χ1n) is 5.19. The third kappa shape index (κ3) is 2.49. The Labute approximate surface area is 107 Å². The van der Waals surface area contributed by atoms with Crippen LogP contribution in [0.5, 0.6) is 0 Å². The molecule has 0 fully saturated rings. The highest BCUT2D eigenvalue weighted by Gasteiger charge is 2.11. The number of fused-ring (bicyclic) bond motifs is 1. The number of ether oxygens (including phenoxy) is 1. The average molecular weight is 267 g/mol. The molecule has 0 bridgehead atoms. The lowest BCUT2D eigenvalue weighted by atomic mass is 10.3. The van der Waals surface area contributed by atoms with E-state index in [0.717, 1.165) is 15.1 Å². The molecule has 0 aliphatic rings. The summed E-state index contributed by atoms with van der Waals surface area (Å²) in [4.78, 5) is 21.4. The maximum atomic E-state index is 11.1. The van der Waals surface area contributed by atoms with Crippen LogP contribution in [-0.4, -0.2) is 29.6 Å². The van der Waals surface area contributed by atoms with Crippen molar-refractivity contribution in [2.45, 2.75) is 6.92 Å². The first-order chi connectivity index (χ1) is 8.63. The van der Waals surface area contributed by atoms with Crippen molar-refractivity contribution in [2.24, 2.45) is 5.84 Å². The zero-order valence-electron chi connectivity index (χ0n) is 9.98. The molecule has 0 saturated heterocycles. The number of esters is 1. The van der Waals surface area contributed by atoms with Crippen LogP contribution < -0.4 is 16.6 Å². The number of carbonyl (C=O) groups excluding carboxylic acids is 1. The summed E-state index contributed by atoms with van der Waals surface area (Å²) in [5.41, 5.74) is 2.40. The van der Waals surface area contributed by atoms with Gasteiger partial charge in [-0.25, -0.2) is 10.8 Å². The zero-order chi connectivity index (χ0) is 13.1. The minimum Gasteiger partial charge on any atom is -0.468 e. The van der Waals surface area contributed by atoms with Gasteiger partial charge in [-0.1, -0.05) is 0 Å². The van der Waals surface area contributed by atoms with Crippen LogP contribution in [0.4, 0.5) is 11.8 Å². The molecule has 2 aromatic heterocycles. The molecule has 18 heavy (non-hydrogen) atoms. The van der Waals surface area contributed by atoms with E-state index in [1.807, 2.05) is 13.0 Å². The number of anilines is 2. The molecule has 2 rings (SSSR count). The van der Waals surface area contributed by atoms with Gasteiger partial charge in [0.15, 0.2) is 0 Å². The molecule has 0 radical (unpaired) electrons. The van der Waals surface area contributed by atoms with Crippen molar-refractivity contribution in [1.82, 2.24) is 9.97 Å². The second kappa shape index (κ2) is 5.15. The van der Waals surface area contributed by atoms with Crippen LogP contribution in [0.25, 0.3) is 10.2 Å².